The van der Waals surface area contributed by atoms with Crippen LogP contribution in [0.1, 0.15) is 26.7 Å². The lowest BCUT2D eigenvalue weighted by molar-refractivity contribution is -0.131. The van der Waals surface area contributed by atoms with Crippen LogP contribution in [0.5, 0.6) is 0 Å². The number of hydrazine groups is 1. The van der Waals surface area contributed by atoms with Gasteiger partial charge in [0.05, 0.1) is 0 Å². The highest BCUT2D eigenvalue weighted by Crippen LogP contribution is 1.93. The second kappa shape index (κ2) is 6.12. The first-order chi connectivity index (χ1) is 5.22. The predicted molar refractivity (Wildman–Crippen MR) is 42.7 cm³/mol. The Balaban J connectivity index is 3.36. The minimum absolute atomic E-state index is 0.277. The molecule has 0 fully saturated rings. The van der Waals surface area contributed by atoms with Crippen LogP contribution in [0.3, 0.4) is 0 Å². The molecule has 11 heavy (non-hydrogen) atoms. The maximum absolute atomic E-state index is 10.7. The Hall–Kier alpha value is -0.610. The average Bonchev–Trinajstić information content (AvgIpc) is 2.03. The third kappa shape index (κ3) is 4.75. The van der Waals surface area contributed by atoms with Gasteiger partial charge in [0.15, 0.2) is 0 Å². The van der Waals surface area contributed by atoms with Crippen molar-refractivity contribution in [1.29, 1.82) is 0 Å². The van der Waals surface area contributed by atoms with Crippen molar-refractivity contribution in [2.24, 2.45) is 5.84 Å². The first kappa shape index (κ1) is 10.4. The van der Waals surface area contributed by atoms with Crippen molar-refractivity contribution in [2.75, 3.05) is 6.61 Å². The topological polar surface area (TPSA) is 64.3 Å². The van der Waals surface area contributed by atoms with Gasteiger partial charge in [0.1, 0.15) is 6.10 Å². The van der Waals surface area contributed by atoms with Crippen molar-refractivity contribution in [3.63, 3.8) is 0 Å². The second-order valence-corrected chi connectivity index (χ2v) is 2.38. The number of unbranched alkanes of at least 4 members (excludes halogenated alkanes) is 1. The molecule has 0 bridgehead atoms. The third-order valence-electron chi connectivity index (χ3n) is 1.38. The molecular weight excluding hydrogens is 144 g/mol. The van der Waals surface area contributed by atoms with E-state index in [1.54, 1.807) is 6.92 Å². The molecule has 0 aliphatic rings. The Morgan fingerprint density at radius 1 is 1.73 bits per heavy atom. The molecule has 66 valence electrons. The number of hydrogen-bond donors (Lipinski definition) is 2. The number of rotatable bonds is 5. The molecule has 0 rings (SSSR count). The third-order valence-corrected chi connectivity index (χ3v) is 1.38. The van der Waals surface area contributed by atoms with Crippen LogP contribution >= 0.6 is 0 Å². The second-order valence-electron chi connectivity index (χ2n) is 2.38. The number of hydrogen-bond acceptors (Lipinski definition) is 3. The number of nitrogens with one attached hydrogen (secondary N) is 1. The zero-order valence-electron chi connectivity index (χ0n) is 7.09. The van der Waals surface area contributed by atoms with Crippen molar-refractivity contribution in [3.8, 4) is 0 Å². The van der Waals surface area contributed by atoms with Gasteiger partial charge in [0, 0.05) is 6.61 Å². The van der Waals surface area contributed by atoms with Crippen LogP contribution in [-0.2, 0) is 9.53 Å². The SMILES string of the molecule is CCCCOC(C)C(=O)NN. The van der Waals surface area contributed by atoms with Gasteiger partial charge in [-0.25, -0.2) is 5.84 Å². The van der Waals surface area contributed by atoms with E-state index in [0.29, 0.717) is 6.61 Å². The summed E-state index contributed by atoms with van der Waals surface area (Å²) in [5, 5.41) is 0. The Kier molecular flexibility index (Phi) is 5.78. The fraction of sp³-hybridized carbons (Fsp3) is 0.857. The van der Waals surface area contributed by atoms with Crippen molar-refractivity contribution in [3.05, 3.63) is 0 Å². The summed E-state index contributed by atoms with van der Waals surface area (Å²) in [4.78, 5) is 10.7. The van der Waals surface area contributed by atoms with Crippen molar-refractivity contribution in [2.45, 2.75) is 32.8 Å². The first-order valence-electron chi connectivity index (χ1n) is 3.84. The Bertz CT molecular complexity index is 117. The molecule has 0 aromatic rings. The van der Waals surface area contributed by atoms with E-state index in [9.17, 15) is 4.79 Å². The zero-order valence-corrected chi connectivity index (χ0v) is 7.09. The molecule has 0 spiro atoms. The minimum Gasteiger partial charge on any atom is -0.369 e. The number of nitrogens with two attached hydrogens (primary N) is 1. The van der Waals surface area contributed by atoms with Crippen molar-refractivity contribution >= 4 is 5.91 Å². The Morgan fingerprint density at radius 3 is 2.82 bits per heavy atom. The fourth-order valence-corrected chi connectivity index (χ4v) is 0.597. The maximum atomic E-state index is 10.7. The summed E-state index contributed by atoms with van der Waals surface area (Å²) in [5.74, 6) is 4.62. The summed E-state index contributed by atoms with van der Waals surface area (Å²) in [7, 11) is 0. The molecule has 0 aliphatic carbocycles. The largest absolute Gasteiger partial charge is 0.369 e. The molecule has 4 nitrogen and oxygen atoms in total. The molecule has 1 amide bonds. The Labute approximate surface area is 67.1 Å². The highest BCUT2D eigenvalue weighted by molar-refractivity contribution is 5.79. The molecule has 4 heteroatoms. The van der Waals surface area contributed by atoms with Crippen LogP contribution in [0, 0.1) is 0 Å². The van der Waals surface area contributed by atoms with Crippen molar-refractivity contribution in [1.82, 2.24) is 5.43 Å². The van der Waals surface area contributed by atoms with Gasteiger partial charge in [-0.15, -0.1) is 0 Å². The van der Waals surface area contributed by atoms with Crippen molar-refractivity contribution < 1.29 is 9.53 Å². The summed E-state index contributed by atoms with van der Waals surface area (Å²) in [6.45, 7) is 4.36. The van der Waals surface area contributed by atoms with E-state index in [4.69, 9.17) is 10.6 Å². The molecule has 1 unspecified atom stereocenters. The lowest BCUT2D eigenvalue weighted by Gasteiger charge is -2.09. The van der Waals surface area contributed by atoms with Crippen LogP contribution in [-0.4, -0.2) is 18.6 Å². The normalized spacial score (nSPS) is 12.6. The van der Waals surface area contributed by atoms with E-state index in [1.807, 2.05) is 5.43 Å². The number of carbonyl (C=O) groups is 1. The number of amides is 1. The molecule has 1 atom stereocenters. The van der Waals surface area contributed by atoms with Crippen LogP contribution in [0.4, 0.5) is 0 Å². The maximum Gasteiger partial charge on any atom is 0.262 e. The van der Waals surface area contributed by atoms with Crippen LogP contribution in [0.2, 0.25) is 0 Å². The van der Waals surface area contributed by atoms with Gasteiger partial charge in [-0.05, 0) is 13.3 Å². The first-order valence-corrected chi connectivity index (χ1v) is 3.84. The quantitative estimate of drug-likeness (QED) is 0.261. The number of ether oxygens (including phenoxy) is 1. The van der Waals surface area contributed by atoms with Gasteiger partial charge < -0.3 is 4.74 Å². The minimum atomic E-state index is -0.438. The molecule has 0 radical (unpaired) electrons. The summed E-state index contributed by atoms with van der Waals surface area (Å²) in [6, 6.07) is 0. The van der Waals surface area contributed by atoms with Crippen LogP contribution < -0.4 is 11.3 Å². The molecule has 0 heterocycles. The summed E-state index contributed by atoms with van der Waals surface area (Å²) in [6.07, 6.45) is 1.60. The predicted octanol–water partition coefficient (Wildman–Crippen LogP) is 0.182. The molecular formula is C7H16N2O2. The highest BCUT2D eigenvalue weighted by atomic mass is 16.5. The van der Waals surface area contributed by atoms with E-state index >= 15 is 0 Å². The standard InChI is InChI=1S/C7H16N2O2/c1-3-4-5-11-6(2)7(10)9-8/h6H,3-5,8H2,1-2H3,(H,9,10). The molecule has 0 saturated carbocycles. The molecule has 0 saturated heterocycles. The van der Waals surface area contributed by atoms with Gasteiger partial charge in [-0.1, -0.05) is 13.3 Å². The van der Waals surface area contributed by atoms with E-state index in [1.165, 1.54) is 0 Å². The van der Waals surface area contributed by atoms with Gasteiger partial charge in [-0.3, -0.25) is 10.2 Å². The van der Waals surface area contributed by atoms with Gasteiger partial charge in [0.25, 0.3) is 5.91 Å². The van der Waals surface area contributed by atoms with Gasteiger partial charge >= 0.3 is 0 Å². The molecule has 0 aromatic carbocycles. The van der Waals surface area contributed by atoms with Crippen LogP contribution in [0.25, 0.3) is 0 Å². The average molecular weight is 160 g/mol. The summed E-state index contributed by atoms with van der Waals surface area (Å²) >= 11 is 0. The van der Waals surface area contributed by atoms with E-state index in [2.05, 4.69) is 6.92 Å². The van der Waals surface area contributed by atoms with E-state index < -0.39 is 6.10 Å². The lowest BCUT2D eigenvalue weighted by Crippen LogP contribution is -2.39. The number of carbonyl (C=O) groups excluding carboxylic acids is 1. The fourth-order valence-electron chi connectivity index (χ4n) is 0.597. The van der Waals surface area contributed by atoms with E-state index in [0.717, 1.165) is 12.8 Å². The summed E-state index contributed by atoms with van der Waals surface area (Å²) < 4.78 is 5.14. The lowest BCUT2D eigenvalue weighted by atomic mass is 10.3. The monoisotopic (exact) mass is 160 g/mol. The molecule has 3 N–H and O–H groups in total. The smallest absolute Gasteiger partial charge is 0.262 e. The van der Waals surface area contributed by atoms with Gasteiger partial charge in [-0.2, -0.15) is 0 Å². The van der Waals surface area contributed by atoms with E-state index in [-0.39, 0.29) is 5.91 Å². The van der Waals surface area contributed by atoms with Gasteiger partial charge in [0.2, 0.25) is 0 Å². The molecule has 0 aliphatic heterocycles. The zero-order chi connectivity index (χ0) is 8.69. The van der Waals surface area contributed by atoms with Crippen LogP contribution in [0.15, 0.2) is 0 Å². The molecule has 0 aromatic heterocycles. The highest BCUT2D eigenvalue weighted by Gasteiger charge is 2.09. The summed E-state index contributed by atoms with van der Waals surface area (Å²) in [5.41, 5.74) is 2.03. The Morgan fingerprint density at radius 2 is 2.36 bits per heavy atom.